The second-order valence-electron chi connectivity index (χ2n) is 3.58. The second kappa shape index (κ2) is 3.44. The topological polar surface area (TPSA) is 32.8 Å². The number of piperidine rings is 1. The monoisotopic (exact) mass is 169 g/mol. The van der Waals surface area contributed by atoms with Crippen LogP contribution in [0.5, 0.6) is 0 Å². The molecule has 0 saturated carbocycles. The fourth-order valence-electron chi connectivity index (χ4n) is 1.63. The van der Waals surface area contributed by atoms with Gasteiger partial charge in [-0.05, 0) is 19.3 Å². The van der Waals surface area contributed by atoms with Crippen molar-refractivity contribution in [3.05, 3.63) is 0 Å². The van der Waals surface area contributed by atoms with Gasteiger partial charge < -0.3 is 9.64 Å². The summed E-state index contributed by atoms with van der Waals surface area (Å²) in [6.07, 6.45) is 4.50. The number of amides is 1. The van der Waals surface area contributed by atoms with Crippen molar-refractivity contribution in [2.75, 3.05) is 19.7 Å². The van der Waals surface area contributed by atoms with Crippen LogP contribution >= 0.6 is 0 Å². The molecule has 0 aliphatic carbocycles. The van der Waals surface area contributed by atoms with Gasteiger partial charge in [0, 0.05) is 19.5 Å². The molecule has 1 atom stereocenters. The molecule has 2 aliphatic heterocycles. The van der Waals surface area contributed by atoms with Crippen LogP contribution in [0.3, 0.4) is 0 Å². The highest BCUT2D eigenvalue weighted by Crippen LogP contribution is 2.16. The quantitative estimate of drug-likeness (QED) is 0.585. The maximum atomic E-state index is 11.3. The van der Waals surface area contributed by atoms with E-state index < -0.39 is 0 Å². The van der Waals surface area contributed by atoms with Crippen LogP contribution in [0, 0.1) is 0 Å². The standard InChI is InChI=1S/C9H15NO2/c11-9-3-1-2-5-10(9)6-4-8-7-12-8/h8H,1-7H2. The molecule has 0 aromatic rings. The molecular formula is C9H15NO2. The summed E-state index contributed by atoms with van der Waals surface area (Å²) in [6.45, 7) is 2.77. The van der Waals surface area contributed by atoms with Gasteiger partial charge in [-0.3, -0.25) is 4.79 Å². The molecule has 0 spiro atoms. The summed E-state index contributed by atoms with van der Waals surface area (Å²) in [7, 11) is 0. The third-order valence-corrected chi connectivity index (χ3v) is 2.54. The largest absolute Gasteiger partial charge is 0.373 e. The van der Waals surface area contributed by atoms with Crippen molar-refractivity contribution in [2.24, 2.45) is 0 Å². The Balaban J connectivity index is 1.72. The van der Waals surface area contributed by atoms with Crippen molar-refractivity contribution in [1.82, 2.24) is 4.90 Å². The van der Waals surface area contributed by atoms with Crippen LogP contribution in [-0.2, 0) is 9.53 Å². The minimum absolute atomic E-state index is 0.335. The van der Waals surface area contributed by atoms with Gasteiger partial charge in [0.15, 0.2) is 0 Å². The van der Waals surface area contributed by atoms with Crippen LogP contribution in [0.4, 0.5) is 0 Å². The Kier molecular flexibility index (Phi) is 2.30. The molecule has 2 aliphatic rings. The number of ether oxygens (including phenoxy) is 1. The highest BCUT2D eigenvalue weighted by molar-refractivity contribution is 5.76. The lowest BCUT2D eigenvalue weighted by Gasteiger charge is -2.26. The molecular weight excluding hydrogens is 154 g/mol. The SMILES string of the molecule is O=C1CCCCN1CCC1CO1. The Morgan fingerprint density at radius 3 is 3.00 bits per heavy atom. The predicted octanol–water partition coefficient (Wildman–Crippen LogP) is 0.788. The number of likely N-dealkylation sites (tertiary alicyclic amines) is 1. The summed E-state index contributed by atoms with van der Waals surface area (Å²) in [5, 5.41) is 0. The van der Waals surface area contributed by atoms with E-state index in [4.69, 9.17) is 4.74 Å². The number of carbonyl (C=O) groups excluding carboxylic acids is 1. The molecule has 3 heteroatoms. The molecule has 12 heavy (non-hydrogen) atoms. The van der Waals surface area contributed by atoms with Crippen LogP contribution in [0.25, 0.3) is 0 Å². The first-order valence-corrected chi connectivity index (χ1v) is 4.75. The van der Waals surface area contributed by atoms with E-state index in [0.717, 1.165) is 39.0 Å². The van der Waals surface area contributed by atoms with E-state index in [1.54, 1.807) is 0 Å². The van der Waals surface area contributed by atoms with E-state index in [9.17, 15) is 4.79 Å². The smallest absolute Gasteiger partial charge is 0.222 e. The average Bonchev–Trinajstić information content (AvgIpc) is 2.86. The minimum atomic E-state index is 0.335. The summed E-state index contributed by atoms with van der Waals surface area (Å²) in [6, 6.07) is 0. The Morgan fingerprint density at radius 2 is 2.33 bits per heavy atom. The first-order valence-electron chi connectivity index (χ1n) is 4.75. The highest BCUT2D eigenvalue weighted by atomic mass is 16.6. The Morgan fingerprint density at radius 1 is 1.50 bits per heavy atom. The fraction of sp³-hybridized carbons (Fsp3) is 0.889. The summed E-state index contributed by atoms with van der Waals surface area (Å²) in [5.74, 6) is 0.335. The lowest BCUT2D eigenvalue weighted by Crippen LogP contribution is -2.36. The van der Waals surface area contributed by atoms with Crippen molar-refractivity contribution in [3.63, 3.8) is 0 Å². The van der Waals surface area contributed by atoms with Gasteiger partial charge in [0.05, 0.1) is 12.7 Å². The second-order valence-corrected chi connectivity index (χ2v) is 3.58. The third-order valence-electron chi connectivity index (χ3n) is 2.54. The molecule has 0 bridgehead atoms. The van der Waals surface area contributed by atoms with E-state index in [1.807, 2.05) is 4.90 Å². The average molecular weight is 169 g/mol. The first-order chi connectivity index (χ1) is 5.86. The fourth-order valence-corrected chi connectivity index (χ4v) is 1.63. The maximum Gasteiger partial charge on any atom is 0.222 e. The van der Waals surface area contributed by atoms with Crippen molar-refractivity contribution in [2.45, 2.75) is 31.8 Å². The maximum absolute atomic E-state index is 11.3. The summed E-state index contributed by atoms with van der Waals surface area (Å²) in [5.41, 5.74) is 0. The minimum Gasteiger partial charge on any atom is -0.373 e. The van der Waals surface area contributed by atoms with Crippen LogP contribution < -0.4 is 0 Å². The molecule has 2 fully saturated rings. The van der Waals surface area contributed by atoms with Gasteiger partial charge in [-0.2, -0.15) is 0 Å². The van der Waals surface area contributed by atoms with E-state index in [0.29, 0.717) is 12.0 Å². The van der Waals surface area contributed by atoms with E-state index in [2.05, 4.69) is 0 Å². The summed E-state index contributed by atoms with van der Waals surface area (Å²) < 4.78 is 5.10. The van der Waals surface area contributed by atoms with Gasteiger partial charge in [0.2, 0.25) is 5.91 Å². The van der Waals surface area contributed by atoms with Crippen LogP contribution in [0.15, 0.2) is 0 Å². The molecule has 0 radical (unpaired) electrons. The zero-order valence-corrected chi connectivity index (χ0v) is 7.29. The third kappa shape index (κ3) is 1.97. The van der Waals surface area contributed by atoms with Gasteiger partial charge in [-0.25, -0.2) is 0 Å². The van der Waals surface area contributed by atoms with Crippen LogP contribution in [0.1, 0.15) is 25.7 Å². The van der Waals surface area contributed by atoms with Crippen molar-refractivity contribution in [1.29, 1.82) is 0 Å². The highest BCUT2D eigenvalue weighted by Gasteiger charge is 2.25. The predicted molar refractivity (Wildman–Crippen MR) is 44.8 cm³/mol. The Labute approximate surface area is 72.7 Å². The number of carbonyl (C=O) groups is 1. The van der Waals surface area contributed by atoms with E-state index in [-0.39, 0.29) is 0 Å². The summed E-state index contributed by atoms with van der Waals surface area (Å²) >= 11 is 0. The zero-order valence-electron chi connectivity index (χ0n) is 7.29. The number of hydrogen-bond acceptors (Lipinski definition) is 2. The molecule has 0 aromatic heterocycles. The number of rotatable bonds is 3. The zero-order chi connectivity index (χ0) is 8.39. The molecule has 1 amide bonds. The van der Waals surface area contributed by atoms with Crippen molar-refractivity contribution in [3.8, 4) is 0 Å². The van der Waals surface area contributed by atoms with E-state index >= 15 is 0 Å². The molecule has 0 aromatic carbocycles. The van der Waals surface area contributed by atoms with E-state index in [1.165, 1.54) is 6.42 Å². The molecule has 68 valence electrons. The van der Waals surface area contributed by atoms with Gasteiger partial charge in [-0.15, -0.1) is 0 Å². The van der Waals surface area contributed by atoms with Crippen LogP contribution in [-0.4, -0.2) is 36.6 Å². The molecule has 3 nitrogen and oxygen atoms in total. The van der Waals surface area contributed by atoms with Gasteiger partial charge >= 0.3 is 0 Å². The molecule has 2 heterocycles. The van der Waals surface area contributed by atoms with Crippen LogP contribution in [0.2, 0.25) is 0 Å². The van der Waals surface area contributed by atoms with Gasteiger partial charge in [-0.1, -0.05) is 0 Å². The Bertz CT molecular complexity index is 177. The van der Waals surface area contributed by atoms with Gasteiger partial charge in [0.1, 0.15) is 0 Å². The van der Waals surface area contributed by atoms with Crippen molar-refractivity contribution < 1.29 is 9.53 Å². The van der Waals surface area contributed by atoms with Gasteiger partial charge in [0.25, 0.3) is 0 Å². The molecule has 2 saturated heterocycles. The van der Waals surface area contributed by atoms with Crippen molar-refractivity contribution >= 4 is 5.91 Å². The lowest BCUT2D eigenvalue weighted by molar-refractivity contribution is -0.133. The molecule has 1 unspecified atom stereocenters. The first kappa shape index (κ1) is 8.05. The molecule has 0 N–H and O–H groups in total. The number of epoxide rings is 1. The summed E-state index contributed by atoms with van der Waals surface area (Å²) in [4.78, 5) is 13.3. The number of nitrogens with zero attached hydrogens (tertiary/aromatic N) is 1. The Hall–Kier alpha value is -0.570. The lowest BCUT2D eigenvalue weighted by atomic mass is 10.1. The number of hydrogen-bond donors (Lipinski definition) is 0. The normalized spacial score (nSPS) is 29.2. The molecule has 2 rings (SSSR count).